The molecule has 7 heteroatoms. The van der Waals surface area contributed by atoms with Crippen LogP contribution in [-0.2, 0) is 20.3 Å². The third kappa shape index (κ3) is 4.99. The standard InChI is InChI=1S/C17H18N2O4S/c1-23-17(21)15(19-16(20)13-6-5-10-18-12-13)9-11-24(22)14-7-3-2-4-8-14/h2-8,10,12,15H,9,11H2,1H3,(H,19,20)/t15-,24-/m0/s1. The van der Waals surface area contributed by atoms with Gasteiger partial charge in [0.05, 0.1) is 23.5 Å². The summed E-state index contributed by atoms with van der Waals surface area (Å²) in [6.07, 6.45) is 3.17. The van der Waals surface area contributed by atoms with Gasteiger partial charge in [-0.2, -0.15) is 0 Å². The van der Waals surface area contributed by atoms with Crippen LogP contribution in [0.15, 0.2) is 59.8 Å². The highest BCUT2D eigenvalue weighted by Gasteiger charge is 2.23. The van der Waals surface area contributed by atoms with Crippen molar-refractivity contribution in [2.24, 2.45) is 0 Å². The molecule has 126 valence electrons. The van der Waals surface area contributed by atoms with Crippen molar-refractivity contribution in [2.45, 2.75) is 17.4 Å². The van der Waals surface area contributed by atoms with Gasteiger partial charge in [-0.05, 0) is 30.7 Å². The second-order valence-corrected chi connectivity index (χ2v) is 6.51. The lowest BCUT2D eigenvalue weighted by molar-refractivity contribution is -0.142. The highest BCUT2D eigenvalue weighted by Crippen LogP contribution is 2.09. The normalized spacial score (nSPS) is 12.9. The molecule has 2 atom stereocenters. The molecular weight excluding hydrogens is 328 g/mol. The van der Waals surface area contributed by atoms with Gasteiger partial charge in [-0.3, -0.25) is 14.0 Å². The molecule has 2 aromatic rings. The van der Waals surface area contributed by atoms with Gasteiger partial charge in [0.1, 0.15) is 6.04 Å². The van der Waals surface area contributed by atoms with E-state index in [0.717, 1.165) is 0 Å². The van der Waals surface area contributed by atoms with Crippen LogP contribution in [0.25, 0.3) is 0 Å². The van der Waals surface area contributed by atoms with E-state index in [1.54, 1.807) is 42.6 Å². The zero-order valence-electron chi connectivity index (χ0n) is 13.2. The maximum Gasteiger partial charge on any atom is 0.328 e. The fraction of sp³-hybridized carbons (Fsp3) is 0.235. The molecular formula is C17H18N2O4S. The molecule has 6 nitrogen and oxygen atoms in total. The maximum atomic E-state index is 12.3. The molecule has 0 saturated carbocycles. The van der Waals surface area contributed by atoms with Crippen molar-refractivity contribution in [2.75, 3.05) is 12.9 Å². The lowest BCUT2D eigenvalue weighted by Gasteiger charge is -2.16. The molecule has 0 bridgehead atoms. The summed E-state index contributed by atoms with van der Waals surface area (Å²) in [6, 6.07) is 11.3. The number of methoxy groups -OCH3 is 1. The molecule has 1 N–H and O–H groups in total. The number of esters is 1. The van der Waals surface area contributed by atoms with Crippen molar-refractivity contribution in [3.63, 3.8) is 0 Å². The van der Waals surface area contributed by atoms with Gasteiger partial charge in [0.25, 0.3) is 5.91 Å². The maximum absolute atomic E-state index is 12.3. The monoisotopic (exact) mass is 346 g/mol. The number of nitrogens with zero attached hydrogens (tertiary/aromatic N) is 1. The topological polar surface area (TPSA) is 85.4 Å². The first kappa shape index (κ1) is 17.8. The Hall–Kier alpha value is -2.54. The van der Waals surface area contributed by atoms with Gasteiger partial charge in [-0.25, -0.2) is 4.79 Å². The highest BCUT2D eigenvalue weighted by atomic mass is 32.2. The molecule has 1 aromatic carbocycles. The predicted octanol–water partition coefficient (Wildman–Crippen LogP) is 1.55. The van der Waals surface area contributed by atoms with E-state index in [4.69, 9.17) is 4.74 Å². The van der Waals surface area contributed by atoms with Gasteiger partial charge < -0.3 is 10.1 Å². The summed E-state index contributed by atoms with van der Waals surface area (Å²) in [4.78, 5) is 28.6. The van der Waals surface area contributed by atoms with Crippen LogP contribution < -0.4 is 5.32 Å². The molecule has 1 aromatic heterocycles. The fourth-order valence-corrected chi connectivity index (χ4v) is 3.19. The van der Waals surface area contributed by atoms with Gasteiger partial charge in [0.2, 0.25) is 0 Å². The number of nitrogens with one attached hydrogen (secondary N) is 1. The molecule has 0 spiro atoms. The van der Waals surface area contributed by atoms with E-state index in [1.165, 1.54) is 13.3 Å². The molecule has 1 amide bonds. The Morgan fingerprint density at radius 1 is 1.21 bits per heavy atom. The first-order valence-electron chi connectivity index (χ1n) is 7.34. The van der Waals surface area contributed by atoms with Crippen molar-refractivity contribution in [1.82, 2.24) is 10.3 Å². The van der Waals surface area contributed by atoms with Crippen LogP contribution in [0.4, 0.5) is 0 Å². The Bertz CT molecular complexity index is 707. The molecule has 0 aliphatic carbocycles. The van der Waals surface area contributed by atoms with Gasteiger partial charge in [0, 0.05) is 23.0 Å². The van der Waals surface area contributed by atoms with E-state index < -0.39 is 28.7 Å². The van der Waals surface area contributed by atoms with Crippen LogP contribution in [0.1, 0.15) is 16.8 Å². The number of pyridine rings is 1. The minimum Gasteiger partial charge on any atom is -0.467 e. The molecule has 1 heterocycles. The summed E-state index contributed by atoms with van der Waals surface area (Å²) in [5, 5.41) is 2.60. The van der Waals surface area contributed by atoms with Gasteiger partial charge in [0.15, 0.2) is 0 Å². The molecule has 0 radical (unpaired) electrons. The van der Waals surface area contributed by atoms with E-state index in [1.807, 2.05) is 6.07 Å². The lowest BCUT2D eigenvalue weighted by atomic mass is 10.2. The van der Waals surface area contributed by atoms with Gasteiger partial charge in [-0.1, -0.05) is 18.2 Å². The number of aromatic nitrogens is 1. The molecule has 0 unspecified atom stereocenters. The fourth-order valence-electron chi connectivity index (χ4n) is 2.04. The molecule has 2 rings (SSSR count). The van der Waals surface area contributed by atoms with Crippen LogP contribution in [0.5, 0.6) is 0 Å². The Kier molecular flexibility index (Phi) is 6.62. The third-order valence-corrected chi connectivity index (χ3v) is 4.72. The summed E-state index contributed by atoms with van der Waals surface area (Å²) in [7, 11) is -0.00353. The number of carbonyl (C=O) groups excluding carboxylic acids is 2. The van der Waals surface area contributed by atoms with E-state index in [9.17, 15) is 13.8 Å². The van der Waals surface area contributed by atoms with E-state index in [0.29, 0.717) is 10.5 Å². The summed E-state index contributed by atoms with van der Waals surface area (Å²) in [5.41, 5.74) is 0.343. The zero-order chi connectivity index (χ0) is 17.4. The SMILES string of the molecule is COC(=O)[C@H](CC[S@](=O)c1ccccc1)NC(=O)c1cccnc1. The number of benzene rings is 1. The van der Waals surface area contributed by atoms with Crippen molar-refractivity contribution in [3.05, 3.63) is 60.4 Å². The largest absolute Gasteiger partial charge is 0.467 e. The first-order chi connectivity index (χ1) is 11.6. The van der Waals surface area contributed by atoms with Crippen molar-refractivity contribution < 1.29 is 18.5 Å². The molecule has 0 saturated heterocycles. The lowest BCUT2D eigenvalue weighted by Crippen LogP contribution is -2.42. The summed E-state index contributed by atoms with van der Waals surface area (Å²) >= 11 is 0. The summed E-state index contributed by atoms with van der Waals surface area (Å²) in [6.45, 7) is 0. The summed E-state index contributed by atoms with van der Waals surface area (Å²) in [5.74, 6) is -0.766. The number of amides is 1. The van der Waals surface area contributed by atoms with Crippen molar-refractivity contribution in [3.8, 4) is 0 Å². The Labute approximate surface area is 142 Å². The van der Waals surface area contributed by atoms with E-state index in [-0.39, 0.29) is 12.2 Å². The van der Waals surface area contributed by atoms with Crippen LogP contribution in [0.3, 0.4) is 0 Å². The number of rotatable bonds is 7. The predicted molar refractivity (Wildman–Crippen MR) is 89.8 cm³/mol. The highest BCUT2D eigenvalue weighted by molar-refractivity contribution is 7.85. The van der Waals surface area contributed by atoms with Gasteiger partial charge >= 0.3 is 5.97 Å². The average Bonchev–Trinajstić information content (AvgIpc) is 2.65. The number of hydrogen-bond acceptors (Lipinski definition) is 5. The molecule has 0 aliphatic rings. The average molecular weight is 346 g/mol. The second-order valence-electron chi connectivity index (χ2n) is 4.94. The third-order valence-electron chi connectivity index (χ3n) is 3.31. The minimum atomic E-state index is -1.25. The minimum absolute atomic E-state index is 0.209. The Morgan fingerprint density at radius 2 is 1.96 bits per heavy atom. The van der Waals surface area contributed by atoms with Crippen LogP contribution >= 0.6 is 0 Å². The van der Waals surface area contributed by atoms with Gasteiger partial charge in [-0.15, -0.1) is 0 Å². The molecule has 24 heavy (non-hydrogen) atoms. The van der Waals surface area contributed by atoms with Crippen LogP contribution in [0, 0.1) is 0 Å². The number of carbonyl (C=O) groups is 2. The Balaban J connectivity index is 2.00. The summed E-state index contributed by atoms with van der Waals surface area (Å²) < 4.78 is 17.0. The van der Waals surface area contributed by atoms with E-state index in [2.05, 4.69) is 10.3 Å². The zero-order valence-corrected chi connectivity index (χ0v) is 14.0. The van der Waals surface area contributed by atoms with Crippen LogP contribution in [0.2, 0.25) is 0 Å². The number of hydrogen-bond donors (Lipinski definition) is 1. The molecule has 0 aliphatic heterocycles. The second kappa shape index (κ2) is 8.93. The number of ether oxygens (including phenoxy) is 1. The van der Waals surface area contributed by atoms with Crippen molar-refractivity contribution >= 4 is 22.7 Å². The molecule has 0 fully saturated rings. The smallest absolute Gasteiger partial charge is 0.328 e. The van der Waals surface area contributed by atoms with Crippen molar-refractivity contribution in [1.29, 1.82) is 0 Å². The first-order valence-corrected chi connectivity index (χ1v) is 8.66. The quantitative estimate of drug-likeness (QED) is 0.769. The Morgan fingerprint density at radius 3 is 2.58 bits per heavy atom. The van der Waals surface area contributed by atoms with E-state index >= 15 is 0 Å². The van der Waals surface area contributed by atoms with Crippen LogP contribution in [-0.4, -0.2) is 40.0 Å².